The molecule has 0 aromatic carbocycles. The minimum absolute atomic E-state index is 0.0655. The van der Waals surface area contributed by atoms with E-state index in [4.69, 9.17) is 4.74 Å². The third-order valence-electron chi connectivity index (χ3n) is 4.17. The lowest BCUT2D eigenvalue weighted by molar-refractivity contribution is -0.125. The quantitative estimate of drug-likeness (QED) is 0.818. The first-order valence-corrected chi connectivity index (χ1v) is 6.95. The van der Waals surface area contributed by atoms with Crippen LogP contribution in [-0.2, 0) is 9.53 Å². The van der Waals surface area contributed by atoms with Crippen molar-refractivity contribution >= 4 is 5.91 Å². The maximum Gasteiger partial charge on any atom is 0.222 e. The topological polar surface area (TPSA) is 38.3 Å². The van der Waals surface area contributed by atoms with E-state index in [0.29, 0.717) is 24.0 Å². The molecule has 0 aromatic heterocycles. The van der Waals surface area contributed by atoms with E-state index in [1.54, 1.807) is 0 Å². The Morgan fingerprint density at radius 3 is 2.35 bits per heavy atom. The number of carbonyl (C=O) groups is 1. The van der Waals surface area contributed by atoms with E-state index in [-0.39, 0.29) is 17.9 Å². The Bertz CT molecular complexity index is 288. The molecule has 4 atom stereocenters. The van der Waals surface area contributed by atoms with Crippen molar-refractivity contribution in [2.45, 2.75) is 65.2 Å². The summed E-state index contributed by atoms with van der Waals surface area (Å²) in [5, 5.41) is 3.22. The van der Waals surface area contributed by atoms with Crippen molar-refractivity contribution in [3.05, 3.63) is 0 Å². The highest BCUT2D eigenvalue weighted by atomic mass is 16.5. The molecule has 3 heteroatoms. The highest BCUT2D eigenvalue weighted by Gasteiger charge is 2.45. The number of amides is 1. The van der Waals surface area contributed by atoms with Crippen LogP contribution in [0, 0.1) is 17.8 Å². The molecule has 17 heavy (non-hydrogen) atoms. The van der Waals surface area contributed by atoms with Crippen LogP contribution in [0.15, 0.2) is 0 Å². The van der Waals surface area contributed by atoms with Crippen LogP contribution in [0.25, 0.3) is 0 Å². The largest absolute Gasteiger partial charge is 0.375 e. The lowest BCUT2D eigenvalue weighted by Crippen LogP contribution is -2.48. The van der Waals surface area contributed by atoms with Crippen molar-refractivity contribution in [3.8, 4) is 0 Å². The lowest BCUT2D eigenvalue weighted by atomic mass is 9.79. The minimum atomic E-state index is 0.0655. The van der Waals surface area contributed by atoms with Crippen LogP contribution in [0.2, 0.25) is 0 Å². The first-order chi connectivity index (χ1) is 7.99. The van der Waals surface area contributed by atoms with Gasteiger partial charge in [0.25, 0.3) is 0 Å². The fourth-order valence-corrected chi connectivity index (χ4v) is 3.15. The Morgan fingerprint density at radius 1 is 1.24 bits per heavy atom. The number of hydrogen-bond acceptors (Lipinski definition) is 2. The van der Waals surface area contributed by atoms with Gasteiger partial charge in [-0.3, -0.25) is 4.79 Å². The summed E-state index contributed by atoms with van der Waals surface area (Å²) in [7, 11) is 0. The van der Waals surface area contributed by atoms with E-state index in [1.807, 2.05) is 13.8 Å². The zero-order chi connectivity index (χ0) is 12.6. The molecule has 1 N–H and O–H groups in total. The van der Waals surface area contributed by atoms with E-state index < -0.39 is 0 Å². The number of ether oxygens (including phenoxy) is 1. The standard InChI is InChI=1S/C14H25NO2/c1-8(2)13(15-14(16)9(3)4)11-7-10-5-6-12(11)17-10/h8-13H,5-7H2,1-4H3,(H,15,16)/t10-,11+,12+,13+/m0/s1. The average Bonchev–Trinajstić information content (AvgIpc) is 2.86. The molecule has 2 rings (SSSR count). The van der Waals surface area contributed by atoms with Crippen LogP contribution in [0.3, 0.4) is 0 Å². The SMILES string of the molecule is CC(C)C(=O)N[C@H](C(C)C)[C@@H]1C[C@@H]2CC[C@H]1O2. The molecule has 2 saturated heterocycles. The molecule has 0 saturated carbocycles. The number of fused-ring (bicyclic) bond motifs is 2. The Hall–Kier alpha value is -0.570. The summed E-state index contributed by atoms with van der Waals surface area (Å²) < 4.78 is 5.91. The van der Waals surface area contributed by atoms with Crippen LogP contribution < -0.4 is 5.32 Å². The van der Waals surface area contributed by atoms with Gasteiger partial charge in [-0.2, -0.15) is 0 Å². The van der Waals surface area contributed by atoms with Crippen LogP contribution in [0.5, 0.6) is 0 Å². The Morgan fingerprint density at radius 2 is 1.94 bits per heavy atom. The summed E-state index contributed by atoms with van der Waals surface area (Å²) in [5.41, 5.74) is 0. The Labute approximate surface area is 104 Å². The van der Waals surface area contributed by atoms with Gasteiger partial charge in [0.2, 0.25) is 5.91 Å². The molecule has 2 heterocycles. The summed E-state index contributed by atoms with van der Waals surface area (Å²) in [5.74, 6) is 1.24. The van der Waals surface area contributed by atoms with Gasteiger partial charge >= 0.3 is 0 Å². The van der Waals surface area contributed by atoms with E-state index in [1.165, 1.54) is 12.8 Å². The fraction of sp³-hybridized carbons (Fsp3) is 0.929. The number of hydrogen-bond donors (Lipinski definition) is 1. The minimum Gasteiger partial charge on any atom is -0.375 e. The molecule has 0 aliphatic carbocycles. The number of carbonyl (C=O) groups excluding carboxylic acids is 1. The molecule has 0 radical (unpaired) electrons. The fourth-order valence-electron chi connectivity index (χ4n) is 3.15. The summed E-state index contributed by atoms with van der Waals surface area (Å²) >= 11 is 0. The van der Waals surface area contributed by atoms with Crippen LogP contribution in [-0.4, -0.2) is 24.2 Å². The zero-order valence-corrected chi connectivity index (χ0v) is 11.4. The smallest absolute Gasteiger partial charge is 0.222 e. The zero-order valence-electron chi connectivity index (χ0n) is 11.4. The van der Waals surface area contributed by atoms with Crippen LogP contribution >= 0.6 is 0 Å². The monoisotopic (exact) mass is 239 g/mol. The van der Waals surface area contributed by atoms with Gasteiger partial charge < -0.3 is 10.1 Å². The van der Waals surface area contributed by atoms with Crippen LogP contribution in [0.4, 0.5) is 0 Å². The lowest BCUT2D eigenvalue weighted by Gasteiger charge is -2.32. The highest BCUT2D eigenvalue weighted by molar-refractivity contribution is 5.78. The normalized spacial score (nSPS) is 33.4. The molecule has 3 nitrogen and oxygen atoms in total. The predicted octanol–water partition coefficient (Wildman–Crippen LogP) is 2.35. The summed E-state index contributed by atoms with van der Waals surface area (Å²) in [4.78, 5) is 11.9. The molecular formula is C14H25NO2. The molecule has 2 bridgehead atoms. The third-order valence-corrected chi connectivity index (χ3v) is 4.17. The highest BCUT2D eigenvalue weighted by Crippen LogP contribution is 2.41. The summed E-state index contributed by atoms with van der Waals surface area (Å²) in [6.45, 7) is 8.28. The van der Waals surface area contributed by atoms with Gasteiger partial charge in [0, 0.05) is 17.9 Å². The summed E-state index contributed by atoms with van der Waals surface area (Å²) in [6.07, 6.45) is 4.37. The Kier molecular flexibility index (Phi) is 3.76. The van der Waals surface area contributed by atoms with Gasteiger partial charge in [-0.25, -0.2) is 0 Å². The maximum absolute atomic E-state index is 11.9. The molecule has 98 valence electrons. The molecule has 1 amide bonds. The van der Waals surface area contributed by atoms with Crippen molar-refractivity contribution in [2.24, 2.45) is 17.8 Å². The van der Waals surface area contributed by atoms with E-state index in [0.717, 1.165) is 6.42 Å². The van der Waals surface area contributed by atoms with Crippen molar-refractivity contribution in [1.82, 2.24) is 5.32 Å². The van der Waals surface area contributed by atoms with Gasteiger partial charge in [-0.1, -0.05) is 27.7 Å². The predicted molar refractivity (Wildman–Crippen MR) is 67.6 cm³/mol. The average molecular weight is 239 g/mol. The van der Waals surface area contributed by atoms with Crippen molar-refractivity contribution in [1.29, 1.82) is 0 Å². The van der Waals surface area contributed by atoms with E-state index in [9.17, 15) is 4.79 Å². The van der Waals surface area contributed by atoms with Gasteiger partial charge in [0.1, 0.15) is 0 Å². The molecule has 2 aliphatic heterocycles. The number of nitrogens with one attached hydrogen (secondary N) is 1. The van der Waals surface area contributed by atoms with E-state index >= 15 is 0 Å². The molecule has 0 unspecified atom stereocenters. The van der Waals surface area contributed by atoms with Crippen LogP contribution in [0.1, 0.15) is 47.0 Å². The Balaban J connectivity index is 2.00. The molecule has 0 aromatic rings. The first-order valence-electron chi connectivity index (χ1n) is 6.95. The second kappa shape index (κ2) is 4.97. The van der Waals surface area contributed by atoms with Crippen molar-refractivity contribution in [3.63, 3.8) is 0 Å². The molecular weight excluding hydrogens is 214 g/mol. The van der Waals surface area contributed by atoms with Crippen molar-refractivity contribution in [2.75, 3.05) is 0 Å². The van der Waals surface area contributed by atoms with Gasteiger partial charge in [-0.15, -0.1) is 0 Å². The third kappa shape index (κ3) is 2.65. The molecule has 2 aliphatic rings. The second-order valence-electron chi connectivity index (χ2n) is 6.21. The first kappa shape index (κ1) is 12.9. The van der Waals surface area contributed by atoms with Crippen molar-refractivity contribution < 1.29 is 9.53 Å². The van der Waals surface area contributed by atoms with E-state index in [2.05, 4.69) is 19.2 Å². The second-order valence-corrected chi connectivity index (χ2v) is 6.21. The number of rotatable bonds is 4. The van der Waals surface area contributed by atoms with Gasteiger partial charge in [0.05, 0.1) is 12.2 Å². The molecule has 0 spiro atoms. The van der Waals surface area contributed by atoms with Gasteiger partial charge in [0.15, 0.2) is 0 Å². The molecule has 2 fully saturated rings. The van der Waals surface area contributed by atoms with Gasteiger partial charge in [-0.05, 0) is 25.2 Å². The maximum atomic E-state index is 11.9. The summed E-state index contributed by atoms with van der Waals surface area (Å²) in [6, 6.07) is 0.278.